The molecule has 0 spiro atoms. The lowest BCUT2D eigenvalue weighted by Gasteiger charge is -2.01. The average Bonchev–Trinajstić information content (AvgIpc) is 2.50. The van der Waals surface area contributed by atoms with E-state index in [-0.39, 0.29) is 5.69 Å². The molecule has 2 rings (SSSR count). The maximum Gasteiger partial charge on any atom is 0.354 e. The summed E-state index contributed by atoms with van der Waals surface area (Å²) in [4.78, 5) is 14.9. The highest BCUT2D eigenvalue weighted by Gasteiger charge is 2.12. The number of carboxylic acid groups (broad SMARTS) is 1. The highest BCUT2D eigenvalue weighted by molar-refractivity contribution is 5.87. The minimum Gasteiger partial charge on any atom is -0.476 e. The maximum atomic E-state index is 10.8. The number of aromatic carboxylic acids is 1. The molecule has 0 aliphatic heterocycles. The first-order valence-electron chi connectivity index (χ1n) is 3.73. The number of rotatable bonds is 1. The van der Waals surface area contributed by atoms with Crippen molar-refractivity contribution in [2.45, 2.75) is 6.92 Å². The molecule has 0 bridgehead atoms. The lowest BCUT2D eigenvalue weighted by atomic mass is 10.2. The fourth-order valence-electron chi connectivity index (χ4n) is 1.22. The molecular weight excluding hydrogens is 170 g/mol. The molecule has 2 aromatic rings. The fourth-order valence-corrected chi connectivity index (χ4v) is 1.22. The van der Waals surface area contributed by atoms with Gasteiger partial charge in [-0.25, -0.2) is 14.3 Å². The third-order valence-corrected chi connectivity index (χ3v) is 1.80. The van der Waals surface area contributed by atoms with Crippen molar-refractivity contribution in [2.75, 3.05) is 0 Å². The summed E-state index contributed by atoms with van der Waals surface area (Å²) in [6.07, 6.45) is 3.05. The van der Waals surface area contributed by atoms with Gasteiger partial charge in [0.1, 0.15) is 0 Å². The third kappa shape index (κ3) is 1.05. The normalized spacial score (nSPS) is 10.5. The van der Waals surface area contributed by atoms with Crippen LogP contribution in [0.5, 0.6) is 0 Å². The lowest BCUT2D eigenvalue weighted by molar-refractivity contribution is 0.0686. The molecule has 13 heavy (non-hydrogen) atoms. The van der Waals surface area contributed by atoms with Crippen molar-refractivity contribution in [3.63, 3.8) is 0 Å². The maximum absolute atomic E-state index is 10.8. The summed E-state index contributed by atoms with van der Waals surface area (Å²) in [5.74, 6) is -0.992. The van der Waals surface area contributed by atoms with Gasteiger partial charge in [-0.15, -0.1) is 0 Å². The van der Waals surface area contributed by atoms with E-state index in [9.17, 15) is 4.79 Å². The van der Waals surface area contributed by atoms with E-state index in [2.05, 4.69) is 10.1 Å². The van der Waals surface area contributed by atoms with Crippen LogP contribution in [-0.2, 0) is 0 Å². The van der Waals surface area contributed by atoms with Gasteiger partial charge in [0.2, 0.25) is 0 Å². The number of fused-ring (bicyclic) bond motifs is 1. The SMILES string of the molecule is Cc1cnc2ccnn2c1C(=O)O. The van der Waals surface area contributed by atoms with Gasteiger partial charge >= 0.3 is 5.97 Å². The topological polar surface area (TPSA) is 67.5 Å². The molecule has 0 radical (unpaired) electrons. The van der Waals surface area contributed by atoms with Gasteiger partial charge in [-0.05, 0) is 6.92 Å². The molecular formula is C8H7N3O2. The van der Waals surface area contributed by atoms with Crippen LogP contribution in [0.4, 0.5) is 0 Å². The smallest absolute Gasteiger partial charge is 0.354 e. The zero-order chi connectivity index (χ0) is 9.42. The van der Waals surface area contributed by atoms with Crippen LogP contribution in [0.1, 0.15) is 16.1 Å². The summed E-state index contributed by atoms with van der Waals surface area (Å²) in [6, 6.07) is 1.66. The number of nitrogens with zero attached hydrogens (tertiary/aromatic N) is 3. The van der Waals surface area contributed by atoms with E-state index in [0.717, 1.165) is 0 Å². The predicted molar refractivity (Wildman–Crippen MR) is 44.7 cm³/mol. The van der Waals surface area contributed by atoms with Gasteiger partial charge in [-0.3, -0.25) is 0 Å². The van der Waals surface area contributed by atoms with Crippen LogP contribution < -0.4 is 0 Å². The van der Waals surface area contributed by atoms with Gasteiger partial charge < -0.3 is 5.11 Å². The third-order valence-electron chi connectivity index (χ3n) is 1.80. The minimum absolute atomic E-state index is 0.162. The minimum atomic E-state index is -0.992. The first-order valence-corrected chi connectivity index (χ1v) is 3.73. The van der Waals surface area contributed by atoms with Crippen molar-refractivity contribution in [1.29, 1.82) is 0 Å². The second-order valence-corrected chi connectivity index (χ2v) is 2.70. The Morgan fingerprint density at radius 3 is 3.08 bits per heavy atom. The Hall–Kier alpha value is -1.91. The Bertz CT molecular complexity index is 475. The van der Waals surface area contributed by atoms with Crippen LogP contribution in [-0.4, -0.2) is 25.7 Å². The van der Waals surface area contributed by atoms with E-state index in [0.29, 0.717) is 11.2 Å². The van der Waals surface area contributed by atoms with Gasteiger partial charge in [0.05, 0.1) is 6.20 Å². The Morgan fingerprint density at radius 1 is 1.62 bits per heavy atom. The first-order chi connectivity index (χ1) is 6.20. The second kappa shape index (κ2) is 2.55. The van der Waals surface area contributed by atoms with E-state index in [1.54, 1.807) is 13.0 Å². The van der Waals surface area contributed by atoms with Gasteiger partial charge in [-0.1, -0.05) is 0 Å². The first kappa shape index (κ1) is 7.72. The zero-order valence-electron chi connectivity index (χ0n) is 6.93. The number of hydrogen-bond donors (Lipinski definition) is 1. The van der Waals surface area contributed by atoms with Crippen LogP contribution in [0.3, 0.4) is 0 Å². The number of carboxylic acids is 1. The summed E-state index contributed by atoms with van der Waals surface area (Å²) in [5, 5.41) is 12.8. The molecule has 0 aliphatic carbocycles. The summed E-state index contributed by atoms with van der Waals surface area (Å²) in [7, 11) is 0. The standard InChI is InChI=1S/C8H7N3O2/c1-5-4-9-6-2-3-10-11(6)7(5)8(12)13/h2-4H,1H3,(H,12,13). The second-order valence-electron chi connectivity index (χ2n) is 2.70. The molecule has 0 unspecified atom stereocenters. The molecule has 0 amide bonds. The molecule has 2 aromatic heterocycles. The molecule has 5 heteroatoms. The van der Waals surface area contributed by atoms with Crippen LogP contribution in [0.25, 0.3) is 5.65 Å². The van der Waals surface area contributed by atoms with Crippen LogP contribution in [0.15, 0.2) is 18.5 Å². The molecule has 0 atom stereocenters. The van der Waals surface area contributed by atoms with E-state index in [1.807, 2.05) is 0 Å². The number of hydrogen-bond acceptors (Lipinski definition) is 3. The molecule has 0 fully saturated rings. The van der Waals surface area contributed by atoms with Crippen molar-refractivity contribution in [2.24, 2.45) is 0 Å². The average molecular weight is 177 g/mol. The lowest BCUT2D eigenvalue weighted by Crippen LogP contribution is -2.09. The van der Waals surface area contributed by atoms with Gasteiger partial charge in [0.15, 0.2) is 11.3 Å². The van der Waals surface area contributed by atoms with E-state index in [4.69, 9.17) is 5.11 Å². The van der Waals surface area contributed by atoms with Crippen molar-refractivity contribution in [3.05, 3.63) is 29.7 Å². The highest BCUT2D eigenvalue weighted by atomic mass is 16.4. The number of carbonyl (C=O) groups is 1. The van der Waals surface area contributed by atoms with Crippen LogP contribution >= 0.6 is 0 Å². The molecule has 66 valence electrons. The summed E-state index contributed by atoms with van der Waals surface area (Å²) < 4.78 is 1.32. The number of aromatic nitrogens is 3. The molecule has 0 saturated carbocycles. The zero-order valence-corrected chi connectivity index (χ0v) is 6.93. The predicted octanol–water partition coefficient (Wildman–Crippen LogP) is 0.736. The van der Waals surface area contributed by atoms with Gasteiger partial charge in [0.25, 0.3) is 0 Å². The van der Waals surface area contributed by atoms with Crippen molar-refractivity contribution < 1.29 is 9.90 Å². The highest BCUT2D eigenvalue weighted by Crippen LogP contribution is 2.08. The number of aryl methyl sites for hydroxylation is 1. The summed E-state index contributed by atoms with van der Waals surface area (Å²) in [5.41, 5.74) is 1.31. The van der Waals surface area contributed by atoms with Gasteiger partial charge in [0, 0.05) is 17.8 Å². The largest absolute Gasteiger partial charge is 0.476 e. The van der Waals surface area contributed by atoms with Crippen LogP contribution in [0, 0.1) is 6.92 Å². The Balaban J connectivity index is 2.88. The molecule has 0 saturated heterocycles. The molecule has 2 heterocycles. The van der Waals surface area contributed by atoms with Gasteiger partial charge in [-0.2, -0.15) is 5.10 Å². The fraction of sp³-hybridized carbons (Fsp3) is 0.125. The quantitative estimate of drug-likeness (QED) is 0.697. The molecule has 1 N–H and O–H groups in total. The van der Waals surface area contributed by atoms with Crippen molar-refractivity contribution in [1.82, 2.24) is 14.6 Å². The van der Waals surface area contributed by atoms with Crippen molar-refractivity contribution >= 4 is 11.6 Å². The Morgan fingerprint density at radius 2 is 2.38 bits per heavy atom. The molecule has 0 aromatic carbocycles. The van der Waals surface area contributed by atoms with E-state index < -0.39 is 5.97 Å². The molecule has 0 aliphatic rings. The van der Waals surface area contributed by atoms with Crippen molar-refractivity contribution in [3.8, 4) is 0 Å². The van der Waals surface area contributed by atoms with E-state index >= 15 is 0 Å². The van der Waals surface area contributed by atoms with E-state index in [1.165, 1.54) is 16.9 Å². The Kier molecular flexibility index (Phi) is 1.51. The monoisotopic (exact) mass is 177 g/mol. The summed E-state index contributed by atoms with van der Waals surface area (Å²) >= 11 is 0. The van der Waals surface area contributed by atoms with Crippen LogP contribution in [0.2, 0.25) is 0 Å². The Labute approximate surface area is 73.6 Å². The molecule has 5 nitrogen and oxygen atoms in total. The summed E-state index contributed by atoms with van der Waals surface area (Å²) in [6.45, 7) is 1.69.